The summed E-state index contributed by atoms with van der Waals surface area (Å²) in [7, 11) is 1.71. The van der Waals surface area contributed by atoms with Gasteiger partial charge in [0.2, 0.25) is 5.91 Å². The van der Waals surface area contributed by atoms with E-state index in [2.05, 4.69) is 15.9 Å². The SMILES string of the molecule is COc1ccccc1C1CC1C(=O)N1CCN(C2CCCC2)CC1. The Bertz CT molecular complexity index is 589. The van der Waals surface area contributed by atoms with E-state index in [1.807, 2.05) is 18.2 Å². The van der Waals surface area contributed by atoms with Gasteiger partial charge in [-0.1, -0.05) is 31.0 Å². The van der Waals surface area contributed by atoms with E-state index in [4.69, 9.17) is 4.74 Å². The molecule has 4 heteroatoms. The molecule has 3 fully saturated rings. The van der Waals surface area contributed by atoms with Gasteiger partial charge in [0.1, 0.15) is 5.75 Å². The summed E-state index contributed by atoms with van der Waals surface area (Å²) < 4.78 is 5.46. The van der Waals surface area contributed by atoms with E-state index in [0.29, 0.717) is 11.8 Å². The molecule has 0 radical (unpaired) electrons. The molecule has 130 valence electrons. The number of benzene rings is 1. The number of ether oxygens (including phenoxy) is 1. The van der Waals surface area contributed by atoms with Gasteiger partial charge in [-0.25, -0.2) is 0 Å². The van der Waals surface area contributed by atoms with Crippen LogP contribution in [0.5, 0.6) is 5.75 Å². The summed E-state index contributed by atoms with van der Waals surface area (Å²) in [5.41, 5.74) is 1.20. The fourth-order valence-corrected chi connectivity index (χ4v) is 4.60. The fourth-order valence-electron chi connectivity index (χ4n) is 4.60. The minimum atomic E-state index is 0.166. The van der Waals surface area contributed by atoms with E-state index < -0.39 is 0 Å². The minimum Gasteiger partial charge on any atom is -0.496 e. The van der Waals surface area contributed by atoms with Gasteiger partial charge in [-0.15, -0.1) is 0 Å². The lowest BCUT2D eigenvalue weighted by Crippen LogP contribution is -2.51. The van der Waals surface area contributed by atoms with Crippen molar-refractivity contribution >= 4 is 5.91 Å². The van der Waals surface area contributed by atoms with Crippen LogP contribution >= 0.6 is 0 Å². The number of nitrogens with zero attached hydrogens (tertiary/aromatic N) is 2. The molecule has 4 rings (SSSR count). The van der Waals surface area contributed by atoms with Crippen LogP contribution < -0.4 is 4.74 Å². The second-order valence-corrected chi connectivity index (χ2v) is 7.49. The van der Waals surface area contributed by atoms with Crippen molar-refractivity contribution in [3.05, 3.63) is 29.8 Å². The zero-order valence-corrected chi connectivity index (χ0v) is 14.6. The number of hydrogen-bond acceptors (Lipinski definition) is 3. The summed E-state index contributed by atoms with van der Waals surface area (Å²) in [6, 6.07) is 8.91. The zero-order chi connectivity index (χ0) is 16.5. The molecule has 0 aromatic heterocycles. The number of rotatable bonds is 4. The van der Waals surface area contributed by atoms with Crippen LogP contribution in [0.1, 0.15) is 43.6 Å². The highest BCUT2D eigenvalue weighted by Crippen LogP contribution is 2.51. The number of carbonyl (C=O) groups is 1. The number of piperazine rings is 1. The Morgan fingerprint density at radius 2 is 1.79 bits per heavy atom. The number of para-hydroxylation sites is 1. The largest absolute Gasteiger partial charge is 0.496 e. The van der Waals surface area contributed by atoms with Gasteiger partial charge < -0.3 is 9.64 Å². The van der Waals surface area contributed by atoms with Gasteiger partial charge in [0.15, 0.2) is 0 Å². The van der Waals surface area contributed by atoms with Crippen molar-refractivity contribution in [2.24, 2.45) is 5.92 Å². The molecule has 24 heavy (non-hydrogen) atoms. The Kier molecular flexibility index (Phi) is 4.49. The monoisotopic (exact) mass is 328 g/mol. The highest BCUT2D eigenvalue weighted by atomic mass is 16.5. The van der Waals surface area contributed by atoms with Gasteiger partial charge in [0.05, 0.1) is 7.11 Å². The van der Waals surface area contributed by atoms with E-state index >= 15 is 0 Å². The molecule has 2 atom stereocenters. The molecule has 1 amide bonds. The molecule has 1 aromatic rings. The molecular formula is C20H28N2O2. The first-order chi connectivity index (χ1) is 11.8. The molecule has 0 spiro atoms. The zero-order valence-electron chi connectivity index (χ0n) is 14.6. The Morgan fingerprint density at radius 3 is 2.50 bits per heavy atom. The average Bonchev–Trinajstić information content (AvgIpc) is 3.25. The smallest absolute Gasteiger partial charge is 0.226 e. The normalized spacial score (nSPS) is 28.1. The highest BCUT2D eigenvalue weighted by molar-refractivity contribution is 5.83. The van der Waals surface area contributed by atoms with E-state index in [1.165, 1.54) is 31.2 Å². The van der Waals surface area contributed by atoms with Crippen LogP contribution in [0.25, 0.3) is 0 Å². The summed E-state index contributed by atoms with van der Waals surface area (Å²) in [6.45, 7) is 3.93. The maximum Gasteiger partial charge on any atom is 0.226 e. The fraction of sp³-hybridized carbons (Fsp3) is 0.650. The van der Waals surface area contributed by atoms with Crippen LogP contribution in [0.15, 0.2) is 24.3 Å². The van der Waals surface area contributed by atoms with E-state index in [-0.39, 0.29) is 5.92 Å². The molecule has 2 unspecified atom stereocenters. The maximum atomic E-state index is 12.8. The van der Waals surface area contributed by atoms with Crippen LogP contribution in [0.3, 0.4) is 0 Å². The van der Waals surface area contributed by atoms with Gasteiger partial charge >= 0.3 is 0 Å². The molecule has 1 aromatic carbocycles. The van der Waals surface area contributed by atoms with Gasteiger partial charge in [0.25, 0.3) is 0 Å². The first-order valence-corrected chi connectivity index (χ1v) is 9.43. The second kappa shape index (κ2) is 6.75. The van der Waals surface area contributed by atoms with Crippen LogP contribution in [-0.4, -0.2) is 55.0 Å². The van der Waals surface area contributed by atoms with Crippen molar-refractivity contribution in [3.63, 3.8) is 0 Å². The topological polar surface area (TPSA) is 32.8 Å². The third kappa shape index (κ3) is 3.04. The van der Waals surface area contributed by atoms with Crippen molar-refractivity contribution in [1.29, 1.82) is 0 Å². The average molecular weight is 328 g/mol. The lowest BCUT2D eigenvalue weighted by Gasteiger charge is -2.38. The van der Waals surface area contributed by atoms with E-state index in [1.54, 1.807) is 7.11 Å². The second-order valence-electron chi connectivity index (χ2n) is 7.49. The summed E-state index contributed by atoms with van der Waals surface area (Å²) in [5, 5.41) is 0. The standard InChI is InChI=1S/C20H28N2O2/c1-24-19-9-5-4-8-16(19)17-14-18(17)20(23)22-12-10-21(11-13-22)15-6-2-3-7-15/h4-5,8-9,15,17-18H,2-3,6-7,10-14H2,1H3. The lowest BCUT2D eigenvalue weighted by atomic mass is 10.1. The first-order valence-electron chi connectivity index (χ1n) is 9.43. The predicted octanol–water partition coefficient (Wildman–Crippen LogP) is 2.89. The van der Waals surface area contributed by atoms with Crippen LogP contribution in [0.2, 0.25) is 0 Å². The first kappa shape index (κ1) is 15.9. The molecule has 0 N–H and O–H groups in total. The third-order valence-corrected chi connectivity index (χ3v) is 6.11. The Morgan fingerprint density at radius 1 is 1.08 bits per heavy atom. The number of hydrogen-bond donors (Lipinski definition) is 0. The van der Waals surface area contributed by atoms with Gasteiger partial charge in [-0.05, 0) is 36.8 Å². The number of amides is 1. The predicted molar refractivity (Wildman–Crippen MR) is 94.3 cm³/mol. The molecular weight excluding hydrogens is 300 g/mol. The molecule has 0 bridgehead atoms. The summed E-state index contributed by atoms with van der Waals surface area (Å²) >= 11 is 0. The summed E-state index contributed by atoms with van der Waals surface area (Å²) in [4.78, 5) is 17.6. The minimum absolute atomic E-state index is 0.166. The molecule has 1 aliphatic heterocycles. The van der Waals surface area contributed by atoms with Crippen molar-refractivity contribution in [2.75, 3.05) is 33.3 Å². The van der Waals surface area contributed by atoms with E-state index in [9.17, 15) is 4.79 Å². The Labute approximate surface area is 144 Å². The van der Waals surface area contributed by atoms with Gasteiger partial charge in [-0.2, -0.15) is 0 Å². The van der Waals surface area contributed by atoms with Crippen LogP contribution in [0, 0.1) is 5.92 Å². The quantitative estimate of drug-likeness (QED) is 0.852. The molecule has 3 aliphatic rings. The van der Waals surface area contributed by atoms with Gasteiger partial charge in [0, 0.05) is 38.1 Å². The molecule has 1 heterocycles. The molecule has 2 saturated carbocycles. The number of methoxy groups -OCH3 is 1. The Balaban J connectivity index is 1.33. The third-order valence-electron chi connectivity index (χ3n) is 6.11. The van der Waals surface area contributed by atoms with Crippen molar-refractivity contribution in [1.82, 2.24) is 9.80 Å². The lowest BCUT2D eigenvalue weighted by molar-refractivity contribution is -0.134. The molecule has 2 aliphatic carbocycles. The molecule has 4 nitrogen and oxygen atoms in total. The Hall–Kier alpha value is -1.55. The highest BCUT2D eigenvalue weighted by Gasteiger charge is 2.47. The molecule has 1 saturated heterocycles. The summed E-state index contributed by atoms with van der Waals surface area (Å²) in [6.07, 6.45) is 6.44. The number of carbonyl (C=O) groups excluding carboxylic acids is 1. The van der Waals surface area contributed by atoms with E-state index in [0.717, 1.165) is 44.4 Å². The van der Waals surface area contributed by atoms with Crippen molar-refractivity contribution < 1.29 is 9.53 Å². The van der Waals surface area contributed by atoms with Crippen molar-refractivity contribution in [3.8, 4) is 5.75 Å². The maximum absolute atomic E-state index is 12.8. The van der Waals surface area contributed by atoms with Crippen LogP contribution in [0.4, 0.5) is 0 Å². The summed E-state index contributed by atoms with van der Waals surface area (Å²) in [5.74, 6) is 1.79. The van der Waals surface area contributed by atoms with Gasteiger partial charge in [-0.3, -0.25) is 9.69 Å². The van der Waals surface area contributed by atoms with Crippen molar-refractivity contribution in [2.45, 2.75) is 44.1 Å². The van der Waals surface area contributed by atoms with Crippen LogP contribution in [-0.2, 0) is 4.79 Å².